The lowest BCUT2D eigenvalue weighted by Gasteiger charge is -2.20. The zero-order valence-electron chi connectivity index (χ0n) is 16.6. The van der Waals surface area contributed by atoms with Crippen LogP contribution in [0, 0.1) is 6.92 Å². The molecule has 0 spiro atoms. The first kappa shape index (κ1) is 21.1. The molecule has 0 aliphatic heterocycles. The summed E-state index contributed by atoms with van der Waals surface area (Å²) in [7, 11) is 0. The van der Waals surface area contributed by atoms with Crippen LogP contribution >= 0.6 is 11.6 Å². The molecule has 0 radical (unpaired) electrons. The largest absolute Gasteiger partial charge is 0.492 e. The standard InChI is InChI=1S/C22H28ClNO3/c1-15-6-9-19(14-20(15)23)26-13-12-24-21(25)16(2)27-18-10-7-17(8-11-18)22(3,4)5/h6-11,14,16H,12-13H2,1-5H3,(H,24,25)/t16-/m1/s1. The van der Waals surface area contributed by atoms with Crippen molar-refractivity contribution in [2.24, 2.45) is 0 Å². The van der Waals surface area contributed by atoms with Crippen LogP contribution in [-0.2, 0) is 10.2 Å². The number of carbonyl (C=O) groups excluding carboxylic acids is 1. The molecular formula is C22H28ClNO3. The molecule has 0 aliphatic carbocycles. The van der Waals surface area contributed by atoms with E-state index in [4.69, 9.17) is 21.1 Å². The molecule has 5 heteroatoms. The van der Waals surface area contributed by atoms with E-state index in [2.05, 4.69) is 26.1 Å². The van der Waals surface area contributed by atoms with Gasteiger partial charge in [0.15, 0.2) is 6.10 Å². The SMILES string of the molecule is Cc1ccc(OCCNC(=O)[C@@H](C)Oc2ccc(C(C)(C)C)cc2)cc1Cl. The normalized spacial score (nSPS) is 12.4. The Bertz CT molecular complexity index is 766. The zero-order chi connectivity index (χ0) is 20.0. The van der Waals surface area contributed by atoms with Gasteiger partial charge >= 0.3 is 0 Å². The van der Waals surface area contributed by atoms with Gasteiger partial charge in [0, 0.05) is 5.02 Å². The summed E-state index contributed by atoms with van der Waals surface area (Å²) >= 11 is 6.06. The second-order valence-corrected chi connectivity index (χ2v) is 7.99. The fraction of sp³-hybridized carbons (Fsp3) is 0.409. The van der Waals surface area contributed by atoms with Gasteiger partial charge in [0.25, 0.3) is 5.91 Å². The van der Waals surface area contributed by atoms with Crippen molar-refractivity contribution < 1.29 is 14.3 Å². The highest BCUT2D eigenvalue weighted by atomic mass is 35.5. The summed E-state index contributed by atoms with van der Waals surface area (Å²) in [6.07, 6.45) is -0.584. The summed E-state index contributed by atoms with van der Waals surface area (Å²) in [6, 6.07) is 13.4. The summed E-state index contributed by atoms with van der Waals surface area (Å²) in [5, 5.41) is 3.48. The molecule has 0 saturated carbocycles. The fourth-order valence-electron chi connectivity index (χ4n) is 2.44. The highest BCUT2D eigenvalue weighted by molar-refractivity contribution is 6.31. The van der Waals surface area contributed by atoms with Crippen LogP contribution in [0.1, 0.15) is 38.8 Å². The molecule has 2 rings (SSSR count). The lowest BCUT2D eigenvalue weighted by molar-refractivity contribution is -0.127. The number of hydrogen-bond donors (Lipinski definition) is 1. The first-order valence-electron chi connectivity index (χ1n) is 9.10. The van der Waals surface area contributed by atoms with Crippen LogP contribution in [0.15, 0.2) is 42.5 Å². The maximum Gasteiger partial charge on any atom is 0.260 e. The molecule has 0 fully saturated rings. The van der Waals surface area contributed by atoms with Crippen molar-refractivity contribution in [3.63, 3.8) is 0 Å². The van der Waals surface area contributed by atoms with Gasteiger partial charge in [0.1, 0.15) is 18.1 Å². The number of rotatable bonds is 7. The van der Waals surface area contributed by atoms with E-state index in [1.54, 1.807) is 13.0 Å². The molecule has 0 aliphatic rings. The van der Waals surface area contributed by atoms with Crippen LogP contribution in [0.4, 0.5) is 0 Å². The smallest absolute Gasteiger partial charge is 0.260 e. The molecular weight excluding hydrogens is 362 g/mol. The van der Waals surface area contributed by atoms with E-state index in [0.29, 0.717) is 29.7 Å². The molecule has 0 heterocycles. The highest BCUT2D eigenvalue weighted by Crippen LogP contribution is 2.24. The summed E-state index contributed by atoms with van der Waals surface area (Å²) in [5.74, 6) is 1.18. The Morgan fingerprint density at radius 2 is 1.74 bits per heavy atom. The van der Waals surface area contributed by atoms with Crippen LogP contribution in [0.2, 0.25) is 5.02 Å². The number of benzene rings is 2. The van der Waals surface area contributed by atoms with Crippen molar-refractivity contribution in [2.45, 2.75) is 46.1 Å². The van der Waals surface area contributed by atoms with Gasteiger partial charge in [-0.05, 0) is 54.7 Å². The quantitative estimate of drug-likeness (QED) is 0.684. The average Bonchev–Trinajstić information content (AvgIpc) is 2.61. The van der Waals surface area contributed by atoms with E-state index < -0.39 is 6.10 Å². The van der Waals surface area contributed by atoms with Gasteiger partial charge in [-0.2, -0.15) is 0 Å². The van der Waals surface area contributed by atoms with E-state index in [-0.39, 0.29) is 11.3 Å². The van der Waals surface area contributed by atoms with Gasteiger partial charge in [0.05, 0.1) is 6.54 Å². The fourth-order valence-corrected chi connectivity index (χ4v) is 2.61. The number of hydrogen-bond acceptors (Lipinski definition) is 3. The van der Waals surface area contributed by atoms with Gasteiger partial charge in [-0.3, -0.25) is 4.79 Å². The second kappa shape index (κ2) is 9.14. The molecule has 27 heavy (non-hydrogen) atoms. The number of nitrogens with one attached hydrogen (secondary N) is 1. The monoisotopic (exact) mass is 389 g/mol. The maximum atomic E-state index is 12.2. The lowest BCUT2D eigenvalue weighted by Crippen LogP contribution is -2.38. The van der Waals surface area contributed by atoms with Crippen molar-refractivity contribution in [2.75, 3.05) is 13.2 Å². The third kappa shape index (κ3) is 6.47. The molecule has 1 atom stereocenters. The number of carbonyl (C=O) groups is 1. The van der Waals surface area contributed by atoms with Crippen LogP contribution < -0.4 is 14.8 Å². The predicted octanol–water partition coefficient (Wildman–Crippen LogP) is 4.91. The van der Waals surface area contributed by atoms with Gasteiger partial charge in [-0.15, -0.1) is 0 Å². The molecule has 146 valence electrons. The predicted molar refractivity (Wildman–Crippen MR) is 110 cm³/mol. The van der Waals surface area contributed by atoms with E-state index >= 15 is 0 Å². The Balaban J connectivity index is 1.76. The van der Waals surface area contributed by atoms with Crippen molar-refractivity contribution >= 4 is 17.5 Å². The molecule has 2 aromatic rings. The van der Waals surface area contributed by atoms with E-state index in [9.17, 15) is 4.79 Å². The molecule has 0 bridgehead atoms. The Labute approximate surface area is 166 Å². The number of halogens is 1. The summed E-state index contributed by atoms with van der Waals surface area (Å²) in [4.78, 5) is 12.2. The molecule has 2 aromatic carbocycles. The third-order valence-electron chi connectivity index (χ3n) is 4.22. The van der Waals surface area contributed by atoms with Gasteiger partial charge in [-0.25, -0.2) is 0 Å². The molecule has 4 nitrogen and oxygen atoms in total. The van der Waals surface area contributed by atoms with Crippen molar-refractivity contribution in [3.05, 3.63) is 58.6 Å². The molecule has 1 N–H and O–H groups in total. The Kier molecular flexibility index (Phi) is 7.14. The van der Waals surface area contributed by atoms with Crippen LogP contribution in [-0.4, -0.2) is 25.2 Å². The Hall–Kier alpha value is -2.20. The van der Waals surface area contributed by atoms with E-state index in [1.807, 2.05) is 43.3 Å². The summed E-state index contributed by atoms with van der Waals surface area (Å²) in [6.45, 7) is 10.9. The minimum atomic E-state index is -0.584. The van der Waals surface area contributed by atoms with Crippen molar-refractivity contribution in [1.82, 2.24) is 5.32 Å². The number of amides is 1. The Morgan fingerprint density at radius 3 is 2.33 bits per heavy atom. The van der Waals surface area contributed by atoms with Crippen molar-refractivity contribution in [1.29, 1.82) is 0 Å². The van der Waals surface area contributed by atoms with Crippen LogP contribution in [0.3, 0.4) is 0 Å². The number of aryl methyl sites for hydroxylation is 1. The second-order valence-electron chi connectivity index (χ2n) is 7.58. The van der Waals surface area contributed by atoms with Crippen molar-refractivity contribution in [3.8, 4) is 11.5 Å². The topological polar surface area (TPSA) is 47.6 Å². The average molecular weight is 390 g/mol. The number of ether oxygens (including phenoxy) is 2. The lowest BCUT2D eigenvalue weighted by atomic mass is 9.87. The molecule has 1 amide bonds. The summed E-state index contributed by atoms with van der Waals surface area (Å²) < 4.78 is 11.3. The van der Waals surface area contributed by atoms with E-state index in [1.165, 1.54) is 5.56 Å². The minimum Gasteiger partial charge on any atom is -0.492 e. The van der Waals surface area contributed by atoms with Gasteiger partial charge in [-0.1, -0.05) is 50.6 Å². The van der Waals surface area contributed by atoms with Crippen LogP contribution in [0.5, 0.6) is 11.5 Å². The molecule has 0 aromatic heterocycles. The van der Waals surface area contributed by atoms with E-state index in [0.717, 1.165) is 5.56 Å². The maximum absolute atomic E-state index is 12.2. The zero-order valence-corrected chi connectivity index (χ0v) is 17.4. The van der Waals surface area contributed by atoms with Gasteiger partial charge in [0.2, 0.25) is 0 Å². The summed E-state index contributed by atoms with van der Waals surface area (Å²) in [5.41, 5.74) is 2.31. The molecule has 0 saturated heterocycles. The Morgan fingerprint density at radius 1 is 1.11 bits per heavy atom. The highest BCUT2D eigenvalue weighted by Gasteiger charge is 2.16. The van der Waals surface area contributed by atoms with Gasteiger partial charge < -0.3 is 14.8 Å². The minimum absolute atomic E-state index is 0.0865. The van der Waals surface area contributed by atoms with Crippen LogP contribution in [0.25, 0.3) is 0 Å². The first-order chi connectivity index (χ1) is 12.7. The first-order valence-corrected chi connectivity index (χ1v) is 9.48. The third-order valence-corrected chi connectivity index (χ3v) is 4.62. The molecule has 0 unspecified atom stereocenters.